The highest BCUT2D eigenvalue weighted by atomic mass is 16.6. The first-order valence-electron chi connectivity index (χ1n) is 4.17. The maximum Gasteiger partial charge on any atom is 0.334 e. The van der Waals surface area contributed by atoms with Gasteiger partial charge in [0.05, 0.1) is 12.7 Å². The Morgan fingerprint density at radius 3 is 2.83 bits per heavy atom. The van der Waals surface area contributed by atoms with Gasteiger partial charge in [-0.1, -0.05) is 6.58 Å². The molecule has 0 aromatic rings. The lowest BCUT2D eigenvalue weighted by Crippen LogP contribution is -2.35. The monoisotopic (exact) mass is 168 g/mol. The van der Waals surface area contributed by atoms with Crippen LogP contribution in [0.25, 0.3) is 0 Å². The molecule has 0 aliphatic carbocycles. The molecule has 1 unspecified atom stereocenters. The molecule has 0 radical (unpaired) electrons. The van der Waals surface area contributed by atoms with Crippen LogP contribution in [0.4, 0.5) is 0 Å². The summed E-state index contributed by atoms with van der Waals surface area (Å²) in [6, 6.07) is 0. The highest BCUT2D eigenvalue weighted by Crippen LogP contribution is 2.40. The number of ether oxygens (including phenoxy) is 2. The van der Waals surface area contributed by atoms with E-state index in [0.29, 0.717) is 18.6 Å². The van der Waals surface area contributed by atoms with E-state index in [0.717, 1.165) is 6.42 Å². The zero-order valence-electron chi connectivity index (χ0n) is 7.13. The summed E-state index contributed by atoms with van der Waals surface area (Å²) in [5.41, 5.74) is 0.195. The van der Waals surface area contributed by atoms with Crippen molar-refractivity contribution in [1.29, 1.82) is 0 Å². The SMILES string of the molecule is C=C1CC2(CCO[C@H]2C)OC1=O. The molecule has 1 spiro atoms. The average molecular weight is 168 g/mol. The van der Waals surface area contributed by atoms with Crippen LogP contribution in [-0.4, -0.2) is 24.3 Å². The third-order valence-electron chi connectivity index (χ3n) is 2.73. The molecule has 3 nitrogen and oxygen atoms in total. The van der Waals surface area contributed by atoms with Crippen LogP contribution in [0.5, 0.6) is 0 Å². The molecular weight excluding hydrogens is 156 g/mol. The molecule has 0 aromatic carbocycles. The minimum absolute atomic E-state index is 0.0145. The molecule has 2 rings (SSSR count). The Balaban J connectivity index is 2.24. The Hall–Kier alpha value is -0.830. The van der Waals surface area contributed by atoms with E-state index in [2.05, 4.69) is 6.58 Å². The normalized spacial score (nSPS) is 40.9. The van der Waals surface area contributed by atoms with Gasteiger partial charge in [0, 0.05) is 18.4 Å². The van der Waals surface area contributed by atoms with Crippen molar-refractivity contribution in [3.05, 3.63) is 12.2 Å². The number of carbonyl (C=O) groups excluding carboxylic acids is 1. The van der Waals surface area contributed by atoms with Crippen molar-refractivity contribution in [2.45, 2.75) is 31.5 Å². The molecule has 2 saturated heterocycles. The molecular formula is C9H12O3. The molecule has 2 heterocycles. The molecule has 12 heavy (non-hydrogen) atoms. The van der Waals surface area contributed by atoms with Crippen LogP contribution in [0.2, 0.25) is 0 Å². The second kappa shape index (κ2) is 2.33. The quantitative estimate of drug-likeness (QED) is 0.400. The number of hydrogen-bond donors (Lipinski definition) is 0. The summed E-state index contributed by atoms with van der Waals surface area (Å²) in [7, 11) is 0. The molecule has 2 fully saturated rings. The van der Waals surface area contributed by atoms with Crippen molar-refractivity contribution in [2.75, 3.05) is 6.61 Å². The first-order valence-corrected chi connectivity index (χ1v) is 4.17. The molecule has 2 aliphatic rings. The van der Waals surface area contributed by atoms with Gasteiger partial charge >= 0.3 is 5.97 Å². The van der Waals surface area contributed by atoms with Crippen molar-refractivity contribution in [2.24, 2.45) is 0 Å². The minimum Gasteiger partial charge on any atom is -0.453 e. The predicted octanol–water partition coefficient (Wildman–Crippen LogP) is 1.04. The maximum atomic E-state index is 11.1. The van der Waals surface area contributed by atoms with Gasteiger partial charge in [-0.3, -0.25) is 0 Å². The van der Waals surface area contributed by atoms with E-state index in [1.165, 1.54) is 0 Å². The Kier molecular flexibility index (Phi) is 1.51. The molecule has 0 aromatic heterocycles. The zero-order chi connectivity index (χ0) is 8.77. The Labute approximate surface area is 71.3 Å². The third kappa shape index (κ3) is 0.894. The molecule has 0 N–H and O–H groups in total. The van der Waals surface area contributed by atoms with Crippen LogP contribution < -0.4 is 0 Å². The minimum atomic E-state index is -0.381. The summed E-state index contributed by atoms with van der Waals surface area (Å²) in [5, 5.41) is 0. The lowest BCUT2D eigenvalue weighted by atomic mass is 9.92. The van der Waals surface area contributed by atoms with Crippen LogP contribution in [0, 0.1) is 0 Å². The Morgan fingerprint density at radius 1 is 1.67 bits per heavy atom. The smallest absolute Gasteiger partial charge is 0.334 e. The highest BCUT2D eigenvalue weighted by Gasteiger charge is 2.50. The average Bonchev–Trinajstić information content (AvgIpc) is 2.45. The predicted molar refractivity (Wildman–Crippen MR) is 42.6 cm³/mol. The summed E-state index contributed by atoms with van der Waals surface area (Å²) < 4.78 is 10.6. The van der Waals surface area contributed by atoms with Gasteiger partial charge in [0.25, 0.3) is 0 Å². The van der Waals surface area contributed by atoms with Gasteiger partial charge < -0.3 is 9.47 Å². The zero-order valence-corrected chi connectivity index (χ0v) is 7.13. The van der Waals surface area contributed by atoms with Crippen molar-refractivity contribution in [3.8, 4) is 0 Å². The van der Waals surface area contributed by atoms with E-state index in [1.807, 2.05) is 6.92 Å². The lowest BCUT2D eigenvalue weighted by Gasteiger charge is -2.24. The molecule has 2 atom stereocenters. The van der Waals surface area contributed by atoms with E-state index in [4.69, 9.17) is 9.47 Å². The van der Waals surface area contributed by atoms with Gasteiger partial charge in [0.2, 0.25) is 0 Å². The van der Waals surface area contributed by atoms with Gasteiger partial charge in [0.15, 0.2) is 0 Å². The van der Waals surface area contributed by atoms with E-state index in [-0.39, 0.29) is 17.7 Å². The molecule has 0 saturated carbocycles. The van der Waals surface area contributed by atoms with Crippen molar-refractivity contribution < 1.29 is 14.3 Å². The van der Waals surface area contributed by atoms with E-state index in [1.54, 1.807) is 0 Å². The van der Waals surface area contributed by atoms with Gasteiger partial charge in [-0.05, 0) is 6.92 Å². The van der Waals surface area contributed by atoms with E-state index >= 15 is 0 Å². The Morgan fingerprint density at radius 2 is 2.42 bits per heavy atom. The van der Waals surface area contributed by atoms with Gasteiger partial charge in [0.1, 0.15) is 5.60 Å². The van der Waals surface area contributed by atoms with Gasteiger partial charge in [-0.15, -0.1) is 0 Å². The Bertz CT molecular complexity index is 228. The highest BCUT2D eigenvalue weighted by molar-refractivity contribution is 5.90. The maximum absolute atomic E-state index is 11.1. The molecule has 0 bridgehead atoms. The van der Waals surface area contributed by atoms with E-state index < -0.39 is 0 Å². The summed E-state index contributed by atoms with van der Waals surface area (Å²) in [5.74, 6) is -0.257. The van der Waals surface area contributed by atoms with Crippen LogP contribution in [0.15, 0.2) is 12.2 Å². The molecule has 3 heteroatoms. The lowest BCUT2D eigenvalue weighted by molar-refractivity contribution is -0.150. The topological polar surface area (TPSA) is 35.5 Å². The van der Waals surface area contributed by atoms with Crippen molar-refractivity contribution >= 4 is 5.97 Å². The van der Waals surface area contributed by atoms with Crippen molar-refractivity contribution in [3.63, 3.8) is 0 Å². The molecule has 66 valence electrons. The standard InChI is InChI=1S/C9H12O3/c1-6-5-9(12-8(6)10)3-4-11-7(9)2/h7H,1,3-5H2,2H3/t7-,9?/m0/s1. The summed E-state index contributed by atoms with van der Waals surface area (Å²) in [6.07, 6.45) is 1.45. The second-order valence-corrected chi connectivity index (χ2v) is 3.50. The fourth-order valence-electron chi connectivity index (χ4n) is 1.86. The van der Waals surface area contributed by atoms with Crippen LogP contribution in [0.3, 0.4) is 0 Å². The first kappa shape index (κ1) is 7.80. The summed E-state index contributed by atoms with van der Waals surface area (Å²) in [6.45, 7) is 6.28. The molecule has 2 aliphatic heterocycles. The van der Waals surface area contributed by atoms with Gasteiger partial charge in [-0.2, -0.15) is 0 Å². The fourth-order valence-corrected chi connectivity index (χ4v) is 1.86. The van der Waals surface area contributed by atoms with Crippen molar-refractivity contribution in [1.82, 2.24) is 0 Å². The third-order valence-corrected chi connectivity index (χ3v) is 2.73. The fraction of sp³-hybridized carbons (Fsp3) is 0.667. The van der Waals surface area contributed by atoms with Crippen LogP contribution in [0.1, 0.15) is 19.8 Å². The van der Waals surface area contributed by atoms with Crippen LogP contribution in [-0.2, 0) is 14.3 Å². The first-order chi connectivity index (χ1) is 5.64. The second-order valence-electron chi connectivity index (χ2n) is 3.50. The molecule has 0 amide bonds. The summed E-state index contributed by atoms with van der Waals surface area (Å²) >= 11 is 0. The number of hydrogen-bond acceptors (Lipinski definition) is 3. The number of rotatable bonds is 0. The largest absolute Gasteiger partial charge is 0.453 e. The van der Waals surface area contributed by atoms with Gasteiger partial charge in [-0.25, -0.2) is 4.79 Å². The van der Waals surface area contributed by atoms with Crippen LogP contribution >= 0.6 is 0 Å². The number of esters is 1. The summed E-state index contributed by atoms with van der Waals surface area (Å²) in [4.78, 5) is 11.1. The number of carbonyl (C=O) groups is 1. The van der Waals surface area contributed by atoms with E-state index in [9.17, 15) is 4.79 Å².